The van der Waals surface area contributed by atoms with Gasteiger partial charge in [-0.1, -0.05) is 18.2 Å². The zero-order valence-electron chi connectivity index (χ0n) is 16.9. The fourth-order valence-electron chi connectivity index (χ4n) is 3.96. The smallest absolute Gasteiger partial charge is 0.237 e. The van der Waals surface area contributed by atoms with Crippen molar-refractivity contribution >= 4 is 35.0 Å². The van der Waals surface area contributed by atoms with Crippen molar-refractivity contribution in [1.82, 2.24) is 4.90 Å². The van der Waals surface area contributed by atoms with Crippen LogP contribution in [-0.2, 0) is 16.0 Å². The summed E-state index contributed by atoms with van der Waals surface area (Å²) in [5.41, 5.74) is 3.06. The SMILES string of the molecule is O=C1Nc2ccccc2CC[C@H]1SCCC(=O)N1CCN(c2ccc(F)cc2)CC1. The van der Waals surface area contributed by atoms with Gasteiger partial charge in [0.1, 0.15) is 5.82 Å². The fraction of sp³-hybridized carbons (Fsp3) is 0.391. The molecule has 2 aromatic carbocycles. The van der Waals surface area contributed by atoms with E-state index in [2.05, 4.69) is 16.3 Å². The lowest BCUT2D eigenvalue weighted by molar-refractivity contribution is -0.131. The Balaban J connectivity index is 1.21. The van der Waals surface area contributed by atoms with Crippen LogP contribution in [0.3, 0.4) is 0 Å². The summed E-state index contributed by atoms with van der Waals surface area (Å²) in [5, 5.41) is 2.89. The van der Waals surface area contributed by atoms with E-state index in [0.717, 1.165) is 37.3 Å². The van der Waals surface area contributed by atoms with Gasteiger partial charge in [-0.2, -0.15) is 0 Å². The Labute approximate surface area is 180 Å². The molecule has 2 aromatic rings. The van der Waals surface area contributed by atoms with E-state index in [1.54, 1.807) is 23.9 Å². The first-order valence-electron chi connectivity index (χ1n) is 10.4. The summed E-state index contributed by atoms with van der Waals surface area (Å²) in [6.45, 7) is 2.82. The van der Waals surface area contributed by atoms with Crippen LogP contribution in [0.1, 0.15) is 18.4 Å². The molecule has 2 aliphatic rings. The molecule has 2 aliphatic heterocycles. The van der Waals surface area contributed by atoms with Crippen LogP contribution in [0.25, 0.3) is 0 Å². The summed E-state index contributed by atoms with van der Waals surface area (Å²) in [6, 6.07) is 14.4. The van der Waals surface area contributed by atoms with Gasteiger partial charge in [-0.15, -0.1) is 11.8 Å². The Morgan fingerprint density at radius 3 is 2.57 bits per heavy atom. The number of thioether (sulfide) groups is 1. The van der Waals surface area contributed by atoms with Gasteiger partial charge >= 0.3 is 0 Å². The maximum atomic E-state index is 13.1. The minimum atomic E-state index is -0.240. The Hall–Kier alpha value is -2.54. The van der Waals surface area contributed by atoms with Crippen molar-refractivity contribution in [2.24, 2.45) is 0 Å². The standard InChI is InChI=1S/C23H26FN3O2S/c24-18-6-8-19(9-7-18)26-12-14-27(15-13-26)22(28)11-16-30-21-10-5-17-3-1-2-4-20(17)25-23(21)29/h1-4,6-9,21H,5,10-16H2,(H,25,29)/t21-/m1/s1. The lowest BCUT2D eigenvalue weighted by Crippen LogP contribution is -2.48. The maximum Gasteiger partial charge on any atom is 0.237 e. The predicted molar refractivity (Wildman–Crippen MR) is 119 cm³/mol. The van der Waals surface area contributed by atoms with Crippen LogP contribution in [0, 0.1) is 5.82 Å². The van der Waals surface area contributed by atoms with Crippen LogP contribution >= 0.6 is 11.8 Å². The van der Waals surface area contributed by atoms with Crippen molar-refractivity contribution in [3.05, 3.63) is 59.9 Å². The van der Waals surface area contributed by atoms with Crippen molar-refractivity contribution in [2.45, 2.75) is 24.5 Å². The molecule has 5 nitrogen and oxygen atoms in total. The summed E-state index contributed by atoms with van der Waals surface area (Å²) < 4.78 is 13.1. The molecular formula is C23H26FN3O2S. The molecule has 1 atom stereocenters. The zero-order valence-corrected chi connectivity index (χ0v) is 17.7. The third-order valence-electron chi connectivity index (χ3n) is 5.70. The lowest BCUT2D eigenvalue weighted by Gasteiger charge is -2.36. The van der Waals surface area contributed by atoms with Gasteiger partial charge in [0, 0.05) is 49.7 Å². The van der Waals surface area contributed by atoms with Crippen molar-refractivity contribution in [2.75, 3.05) is 42.1 Å². The normalized spacial score (nSPS) is 19.1. The number of hydrogen-bond acceptors (Lipinski definition) is 4. The molecule has 2 heterocycles. The fourth-order valence-corrected chi connectivity index (χ4v) is 5.03. The van der Waals surface area contributed by atoms with E-state index >= 15 is 0 Å². The highest BCUT2D eigenvalue weighted by Gasteiger charge is 2.25. The number of carbonyl (C=O) groups is 2. The zero-order chi connectivity index (χ0) is 20.9. The van der Waals surface area contributed by atoms with Gasteiger partial charge < -0.3 is 15.1 Å². The average Bonchev–Trinajstić information content (AvgIpc) is 2.93. The number of para-hydroxylation sites is 1. The molecule has 30 heavy (non-hydrogen) atoms. The van der Waals surface area contributed by atoms with E-state index in [4.69, 9.17) is 0 Å². The van der Waals surface area contributed by atoms with Gasteiger partial charge in [-0.3, -0.25) is 9.59 Å². The number of anilines is 2. The molecule has 158 valence electrons. The van der Waals surface area contributed by atoms with Crippen molar-refractivity contribution < 1.29 is 14.0 Å². The van der Waals surface area contributed by atoms with Crippen molar-refractivity contribution in [1.29, 1.82) is 0 Å². The number of piperazine rings is 1. The number of aryl methyl sites for hydroxylation is 1. The Morgan fingerprint density at radius 1 is 1.07 bits per heavy atom. The number of nitrogens with zero attached hydrogens (tertiary/aromatic N) is 2. The lowest BCUT2D eigenvalue weighted by atomic mass is 10.1. The molecule has 0 saturated carbocycles. The van der Waals surface area contributed by atoms with Gasteiger partial charge in [-0.05, 0) is 48.7 Å². The number of hydrogen-bond donors (Lipinski definition) is 1. The molecule has 7 heteroatoms. The average molecular weight is 428 g/mol. The number of benzene rings is 2. The number of fused-ring (bicyclic) bond motifs is 1. The third-order valence-corrected chi connectivity index (χ3v) is 6.99. The van der Waals surface area contributed by atoms with E-state index < -0.39 is 0 Å². The van der Waals surface area contributed by atoms with Gasteiger partial charge in [0.2, 0.25) is 11.8 Å². The van der Waals surface area contributed by atoms with Crippen LogP contribution in [0.4, 0.5) is 15.8 Å². The van der Waals surface area contributed by atoms with Gasteiger partial charge in [0.05, 0.1) is 5.25 Å². The molecule has 0 aliphatic carbocycles. The van der Waals surface area contributed by atoms with Gasteiger partial charge in [0.15, 0.2) is 0 Å². The molecule has 0 bridgehead atoms. The highest BCUT2D eigenvalue weighted by Crippen LogP contribution is 2.27. The van der Waals surface area contributed by atoms with E-state index in [9.17, 15) is 14.0 Å². The molecular weight excluding hydrogens is 401 g/mol. The predicted octanol–water partition coefficient (Wildman–Crippen LogP) is 3.55. The summed E-state index contributed by atoms with van der Waals surface area (Å²) in [7, 11) is 0. The third kappa shape index (κ3) is 4.95. The molecule has 0 spiro atoms. The Kier molecular flexibility index (Phi) is 6.57. The number of nitrogens with one attached hydrogen (secondary N) is 1. The highest BCUT2D eigenvalue weighted by molar-refractivity contribution is 8.00. The first kappa shape index (κ1) is 20.7. The molecule has 0 aromatic heterocycles. The van der Waals surface area contributed by atoms with Gasteiger partial charge in [-0.25, -0.2) is 4.39 Å². The van der Waals surface area contributed by atoms with Crippen LogP contribution in [0.15, 0.2) is 48.5 Å². The second kappa shape index (κ2) is 9.51. The summed E-state index contributed by atoms with van der Waals surface area (Å²) in [6.07, 6.45) is 2.10. The molecule has 0 unspecified atom stereocenters. The molecule has 2 amide bonds. The largest absolute Gasteiger partial charge is 0.368 e. The van der Waals surface area contributed by atoms with Crippen LogP contribution in [-0.4, -0.2) is 53.9 Å². The van der Waals surface area contributed by atoms with E-state index in [0.29, 0.717) is 25.3 Å². The van der Waals surface area contributed by atoms with E-state index in [1.807, 2.05) is 23.1 Å². The number of halogens is 1. The maximum absolute atomic E-state index is 13.1. The van der Waals surface area contributed by atoms with Gasteiger partial charge in [0.25, 0.3) is 0 Å². The van der Waals surface area contributed by atoms with Crippen molar-refractivity contribution in [3.63, 3.8) is 0 Å². The van der Waals surface area contributed by atoms with Crippen LogP contribution in [0.5, 0.6) is 0 Å². The first-order valence-corrected chi connectivity index (χ1v) is 11.4. The summed E-state index contributed by atoms with van der Waals surface area (Å²) >= 11 is 1.58. The highest BCUT2D eigenvalue weighted by atomic mass is 32.2. The van der Waals surface area contributed by atoms with Crippen LogP contribution in [0.2, 0.25) is 0 Å². The minimum Gasteiger partial charge on any atom is -0.368 e. The number of rotatable bonds is 5. The monoisotopic (exact) mass is 427 g/mol. The second-order valence-electron chi connectivity index (χ2n) is 7.64. The van der Waals surface area contributed by atoms with Crippen LogP contribution < -0.4 is 10.2 Å². The molecule has 0 radical (unpaired) electrons. The Bertz CT molecular complexity index is 898. The number of amides is 2. The number of carbonyl (C=O) groups excluding carboxylic acids is 2. The minimum absolute atomic E-state index is 0.0327. The molecule has 1 saturated heterocycles. The first-order chi connectivity index (χ1) is 14.6. The molecule has 4 rings (SSSR count). The quantitative estimate of drug-likeness (QED) is 0.793. The Morgan fingerprint density at radius 2 is 1.80 bits per heavy atom. The topological polar surface area (TPSA) is 52.7 Å². The van der Waals surface area contributed by atoms with Crippen molar-refractivity contribution in [3.8, 4) is 0 Å². The van der Waals surface area contributed by atoms with E-state index in [1.165, 1.54) is 17.7 Å². The molecule has 1 N–H and O–H groups in total. The molecule has 1 fully saturated rings. The van der Waals surface area contributed by atoms with E-state index in [-0.39, 0.29) is 22.9 Å². The second-order valence-corrected chi connectivity index (χ2v) is 8.95. The summed E-state index contributed by atoms with van der Waals surface area (Å²) in [4.78, 5) is 29.2. The summed E-state index contributed by atoms with van der Waals surface area (Å²) in [5.74, 6) is 0.575.